The maximum atomic E-state index is 13.0. The van der Waals surface area contributed by atoms with Crippen molar-refractivity contribution in [2.45, 2.75) is 18.9 Å². The van der Waals surface area contributed by atoms with Crippen molar-refractivity contribution in [2.75, 3.05) is 6.54 Å². The van der Waals surface area contributed by atoms with Crippen LogP contribution < -0.4 is 0 Å². The second kappa shape index (κ2) is 6.66. The van der Waals surface area contributed by atoms with Crippen LogP contribution in [0.3, 0.4) is 0 Å². The van der Waals surface area contributed by atoms with E-state index in [1.54, 1.807) is 16.2 Å². The van der Waals surface area contributed by atoms with Gasteiger partial charge in [-0.15, -0.1) is 11.3 Å². The van der Waals surface area contributed by atoms with Crippen LogP contribution in [0.15, 0.2) is 42.5 Å². The highest BCUT2D eigenvalue weighted by Crippen LogP contribution is 2.38. The number of benzene rings is 2. The minimum Gasteiger partial charge on any atom is -0.329 e. The minimum absolute atomic E-state index is 0.0624. The molecule has 0 radical (unpaired) electrons. The van der Waals surface area contributed by atoms with E-state index in [0.29, 0.717) is 6.54 Å². The molecule has 1 saturated heterocycles. The topological polar surface area (TPSA) is 76.3 Å². The molecule has 6 nitrogen and oxygen atoms in total. The van der Waals surface area contributed by atoms with Crippen LogP contribution in [-0.2, 0) is 0 Å². The molecule has 1 aliphatic rings. The molecule has 2 heterocycles. The number of aromatic nitrogens is 1. The molecule has 2 aromatic carbocycles. The molecule has 1 fully saturated rings. The summed E-state index contributed by atoms with van der Waals surface area (Å²) in [6.45, 7) is 0.555. The number of carbonyl (C=O) groups excluding carboxylic acids is 1. The number of hydrogen-bond donors (Lipinski definition) is 0. The molecule has 132 valence electrons. The molecule has 4 rings (SSSR count). The van der Waals surface area contributed by atoms with Gasteiger partial charge in [-0.2, -0.15) is 0 Å². The van der Waals surface area contributed by atoms with Crippen molar-refractivity contribution in [3.63, 3.8) is 0 Å². The van der Waals surface area contributed by atoms with Gasteiger partial charge in [0.25, 0.3) is 11.6 Å². The third kappa shape index (κ3) is 2.93. The monoisotopic (exact) mass is 387 g/mol. The smallest absolute Gasteiger partial charge is 0.283 e. The first-order valence-electron chi connectivity index (χ1n) is 8.15. The first-order valence-corrected chi connectivity index (χ1v) is 9.34. The average Bonchev–Trinajstić information content (AvgIpc) is 3.27. The number of nitrogens with zero attached hydrogens (tertiary/aromatic N) is 3. The van der Waals surface area contributed by atoms with Crippen molar-refractivity contribution >= 4 is 44.7 Å². The molecule has 3 aromatic rings. The Bertz CT molecular complexity index is 987. The van der Waals surface area contributed by atoms with Crippen LogP contribution >= 0.6 is 22.9 Å². The minimum atomic E-state index is -0.568. The summed E-state index contributed by atoms with van der Waals surface area (Å²) in [7, 11) is 0. The SMILES string of the molecule is O=C(c1ccc(Cl)cc1[N+](=O)[O-])N1CCC[C@H]1c1nc2ccccc2s1. The lowest BCUT2D eigenvalue weighted by Crippen LogP contribution is -2.31. The van der Waals surface area contributed by atoms with Crippen molar-refractivity contribution in [2.24, 2.45) is 0 Å². The summed E-state index contributed by atoms with van der Waals surface area (Å²) < 4.78 is 1.07. The molecule has 0 aliphatic carbocycles. The van der Waals surface area contributed by atoms with Gasteiger partial charge in [-0.25, -0.2) is 4.98 Å². The molecule has 26 heavy (non-hydrogen) atoms. The number of thiazole rings is 1. The van der Waals surface area contributed by atoms with E-state index in [4.69, 9.17) is 11.6 Å². The Balaban J connectivity index is 1.70. The molecule has 0 N–H and O–H groups in total. The van der Waals surface area contributed by atoms with Crippen molar-refractivity contribution in [3.8, 4) is 0 Å². The number of nitro groups is 1. The van der Waals surface area contributed by atoms with Crippen molar-refractivity contribution < 1.29 is 9.72 Å². The highest BCUT2D eigenvalue weighted by atomic mass is 35.5. The maximum absolute atomic E-state index is 13.0. The quantitative estimate of drug-likeness (QED) is 0.476. The van der Waals surface area contributed by atoms with E-state index in [1.165, 1.54) is 18.2 Å². The van der Waals surface area contributed by atoms with Crippen molar-refractivity contribution in [3.05, 3.63) is 68.2 Å². The molecule has 0 saturated carbocycles. The van der Waals surface area contributed by atoms with Gasteiger partial charge in [0.2, 0.25) is 0 Å². The largest absolute Gasteiger partial charge is 0.329 e. The molecule has 1 aliphatic heterocycles. The normalized spacial score (nSPS) is 17.0. The van der Waals surface area contributed by atoms with E-state index in [-0.39, 0.29) is 28.2 Å². The van der Waals surface area contributed by atoms with Crippen LogP contribution in [0.25, 0.3) is 10.2 Å². The van der Waals surface area contributed by atoms with Crippen molar-refractivity contribution in [1.82, 2.24) is 9.88 Å². The fourth-order valence-corrected chi connectivity index (χ4v) is 4.57. The van der Waals surface area contributed by atoms with E-state index >= 15 is 0 Å². The first kappa shape index (κ1) is 16.9. The third-order valence-corrected chi connectivity index (χ3v) is 5.87. The van der Waals surface area contributed by atoms with Crippen LogP contribution in [0.5, 0.6) is 0 Å². The summed E-state index contributed by atoms with van der Waals surface area (Å²) in [4.78, 5) is 30.1. The highest BCUT2D eigenvalue weighted by Gasteiger charge is 2.35. The fraction of sp³-hybridized carbons (Fsp3) is 0.222. The number of carbonyl (C=O) groups is 1. The summed E-state index contributed by atoms with van der Waals surface area (Å²) in [6.07, 6.45) is 1.64. The molecule has 1 aromatic heterocycles. The highest BCUT2D eigenvalue weighted by molar-refractivity contribution is 7.18. The number of amides is 1. The summed E-state index contributed by atoms with van der Waals surface area (Å²) in [5, 5.41) is 12.4. The van der Waals surface area contributed by atoms with Gasteiger partial charge in [0.15, 0.2) is 0 Å². The Kier molecular flexibility index (Phi) is 4.34. The Hall–Kier alpha value is -2.51. The predicted octanol–water partition coefficient (Wildman–Crippen LogP) is 4.84. The van der Waals surface area contributed by atoms with E-state index < -0.39 is 4.92 Å². The van der Waals surface area contributed by atoms with Crippen LogP contribution in [0.1, 0.15) is 34.2 Å². The Labute approximate surface area is 158 Å². The molecule has 8 heteroatoms. The lowest BCUT2D eigenvalue weighted by atomic mass is 10.1. The molecule has 1 atom stereocenters. The number of hydrogen-bond acceptors (Lipinski definition) is 5. The van der Waals surface area contributed by atoms with Gasteiger partial charge in [0, 0.05) is 17.6 Å². The van der Waals surface area contributed by atoms with Gasteiger partial charge in [-0.1, -0.05) is 23.7 Å². The standard InChI is InChI=1S/C18H14ClN3O3S/c19-11-7-8-12(15(10-11)22(24)25)18(23)21-9-3-5-14(21)17-20-13-4-1-2-6-16(13)26-17/h1-2,4,6-8,10,14H,3,5,9H2/t14-/m0/s1. The molecule has 1 amide bonds. The summed E-state index contributed by atoms with van der Waals surface area (Å²) in [5.74, 6) is -0.352. The van der Waals surface area contributed by atoms with E-state index in [0.717, 1.165) is 28.1 Å². The first-order chi connectivity index (χ1) is 12.5. The van der Waals surface area contributed by atoms with E-state index in [2.05, 4.69) is 4.98 Å². The van der Waals surface area contributed by atoms with E-state index in [1.807, 2.05) is 24.3 Å². The summed E-state index contributed by atoms with van der Waals surface area (Å²) in [6, 6.07) is 11.8. The average molecular weight is 388 g/mol. The molecule has 0 spiro atoms. The van der Waals surface area contributed by atoms with Gasteiger partial charge in [0.1, 0.15) is 10.6 Å². The fourth-order valence-electron chi connectivity index (χ4n) is 3.29. The van der Waals surface area contributed by atoms with Crippen LogP contribution in [0.4, 0.5) is 5.69 Å². The number of halogens is 1. The summed E-state index contributed by atoms with van der Waals surface area (Å²) >= 11 is 7.42. The number of likely N-dealkylation sites (tertiary alicyclic amines) is 1. The molecular formula is C18H14ClN3O3S. The second-order valence-electron chi connectivity index (χ2n) is 6.09. The summed E-state index contributed by atoms with van der Waals surface area (Å²) in [5.41, 5.74) is 0.703. The van der Waals surface area contributed by atoms with Crippen LogP contribution in [-0.4, -0.2) is 27.3 Å². The Morgan fingerprint density at radius 2 is 2.12 bits per heavy atom. The van der Waals surface area contributed by atoms with Gasteiger partial charge in [-0.05, 0) is 37.1 Å². The third-order valence-electron chi connectivity index (χ3n) is 4.50. The zero-order valence-electron chi connectivity index (χ0n) is 13.6. The second-order valence-corrected chi connectivity index (χ2v) is 7.59. The van der Waals surface area contributed by atoms with Crippen LogP contribution in [0.2, 0.25) is 5.02 Å². The molecular weight excluding hydrogens is 374 g/mol. The zero-order valence-corrected chi connectivity index (χ0v) is 15.2. The number of rotatable bonds is 3. The lowest BCUT2D eigenvalue weighted by Gasteiger charge is -2.23. The number of nitro benzene ring substituents is 1. The Morgan fingerprint density at radius 3 is 2.88 bits per heavy atom. The maximum Gasteiger partial charge on any atom is 0.283 e. The van der Waals surface area contributed by atoms with E-state index in [9.17, 15) is 14.9 Å². The molecule has 0 unspecified atom stereocenters. The van der Waals surface area contributed by atoms with Gasteiger partial charge in [0.05, 0.1) is 21.2 Å². The molecule has 0 bridgehead atoms. The van der Waals surface area contributed by atoms with Crippen molar-refractivity contribution in [1.29, 1.82) is 0 Å². The zero-order chi connectivity index (χ0) is 18.3. The van der Waals surface area contributed by atoms with Gasteiger partial charge < -0.3 is 4.90 Å². The van der Waals surface area contributed by atoms with Crippen LogP contribution in [0, 0.1) is 10.1 Å². The Morgan fingerprint density at radius 1 is 1.31 bits per heavy atom. The lowest BCUT2D eigenvalue weighted by molar-refractivity contribution is -0.385. The van der Waals surface area contributed by atoms with Gasteiger partial charge >= 0.3 is 0 Å². The number of fused-ring (bicyclic) bond motifs is 1. The van der Waals surface area contributed by atoms with Gasteiger partial charge in [-0.3, -0.25) is 14.9 Å². The predicted molar refractivity (Wildman–Crippen MR) is 101 cm³/mol. The number of para-hydroxylation sites is 1.